The monoisotopic (exact) mass is 973 g/mol. The van der Waals surface area contributed by atoms with Gasteiger partial charge < -0.3 is 80.8 Å². The van der Waals surface area contributed by atoms with Gasteiger partial charge in [-0.15, -0.1) is 0 Å². The highest BCUT2D eigenvalue weighted by molar-refractivity contribution is 5.98. The maximum atomic E-state index is 14.0. The average molecular weight is 973 g/mol. The van der Waals surface area contributed by atoms with Crippen molar-refractivity contribution in [3.05, 3.63) is 0 Å². The van der Waals surface area contributed by atoms with Gasteiger partial charge in [0.2, 0.25) is 47.3 Å². The van der Waals surface area contributed by atoms with E-state index in [9.17, 15) is 63.0 Å². The van der Waals surface area contributed by atoms with Crippen molar-refractivity contribution >= 4 is 65.2 Å². The third kappa shape index (κ3) is 27.0. The van der Waals surface area contributed by atoms with Gasteiger partial charge >= 0.3 is 17.9 Å². The summed E-state index contributed by atoms with van der Waals surface area (Å²) in [6, 6.07) is -9.46. The smallest absolute Gasteiger partial charge is 0.326 e. The van der Waals surface area contributed by atoms with Gasteiger partial charge in [0.25, 0.3) is 0 Å². The van der Waals surface area contributed by atoms with Crippen LogP contribution in [0, 0.1) is 11.8 Å². The molecule has 0 fully saturated rings. The van der Waals surface area contributed by atoms with Crippen LogP contribution in [-0.4, -0.2) is 156 Å². The summed E-state index contributed by atoms with van der Waals surface area (Å²) in [5.41, 5.74) is 22.4. The molecule has 0 aliphatic rings. The molecule has 8 amide bonds. The van der Waals surface area contributed by atoms with E-state index in [4.69, 9.17) is 28.0 Å². The number of carboxylic acids is 3. The Morgan fingerprint density at radius 1 is 0.456 bits per heavy atom. The van der Waals surface area contributed by atoms with E-state index in [1.54, 1.807) is 27.7 Å². The molecule has 0 aromatic heterocycles. The Kier molecular flexibility index (Phi) is 31.3. The lowest BCUT2D eigenvalue weighted by molar-refractivity contribution is -0.144. The molecule has 0 unspecified atom stereocenters. The standard InChI is InChI=1S/C42H76N12O14/c1-23(2)19-29(40(65)54-35(24(3)4)41(66)53-30(20-34(59)60)39(64)51-28(42(67)68)13-7-10-18-45)52-38(63)27(12-6-9-17-44)50-37(62)26(11-5-8-16-43)49-32(56)22-47-31(55)21-48-36(61)25(46)14-15-33(57)58/h23-30,35H,5-22,43-46H2,1-4H3,(H,47,55)(H,48,61)(H,49,56)(H,50,62)(H,51,64)(H,52,63)(H,53,66)(H,54,65)(H,57,58)(H,59,60)(H,67,68)/t25-,26-,27-,28-,29-,30-,35-/m0/s1. The van der Waals surface area contributed by atoms with Crippen molar-refractivity contribution < 1.29 is 68.1 Å². The van der Waals surface area contributed by atoms with Crippen LogP contribution < -0.4 is 65.5 Å². The van der Waals surface area contributed by atoms with Crippen LogP contribution in [0.25, 0.3) is 0 Å². The Morgan fingerprint density at radius 2 is 0.897 bits per heavy atom. The van der Waals surface area contributed by atoms with E-state index < -0.39 is 133 Å². The summed E-state index contributed by atoms with van der Waals surface area (Å²) in [6.07, 6.45) is 1.20. The number of carboxylic acid groups (broad SMARTS) is 3. The van der Waals surface area contributed by atoms with Crippen molar-refractivity contribution in [3.8, 4) is 0 Å². The minimum absolute atomic E-state index is 0.00674. The summed E-state index contributed by atoms with van der Waals surface area (Å²) in [6.45, 7) is 6.28. The summed E-state index contributed by atoms with van der Waals surface area (Å²) in [4.78, 5) is 140. The number of carbonyl (C=O) groups is 11. The Morgan fingerprint density at radius 3 is 1.37 bits per heavy atom. The summed E-state index contributed by atoms with van der Waals surface area (Å²) in [5, 5.41) is 47.4. The van der Waals surface area contributed by atoms with Gasteiger partial charge in [-0.2, -0.15) is 0 Å². The highest BCUT2D eigenvalue weighted by Gasteiger charge is 2.35. The molecular weight excluding hydrogens is 897 g/mol. The van der Waals surface area contributed by atoms with Gasteiger partial charge in [-0.3, -0.25) is 47.9 Å². The largest absolute Gasteiger partial charge is 0.481 e. The summed E-state index contributed by atoms with van der Waals surface area (Å²) in [7, 11) is 0. The van der Waals surface area contributed by atoms with Gasteiger partial charge in [-0.05, 0) is 102 Å². The third-order valence-electron chi connectivity index (χ3n) is 10.2. The van der Waals surface area contributed by atoms with Crippen molar-refractivity contribution in [3.63, 3.8) is 0 Å². The molecule has 0 rings (SSSR count). The van der Waals surface area contributed by atoms with Gasteiger partial charge in [0, 0.05) is 6.42 Å². The molecule has 68 heavy (non-hydrogen) atoms. The Hall–Kier alpha value is -5.99. The van der Waals surface area contributed by atoms with E-state index in [1.165, 1.54) is 0 Å². The molecule has 0 aromatic rings. The molecule has 0 heterocycles. The quantitative estimate of drug-likeness (QED) is 0.0264. The topological polar surface area (TPSA) is 449 Å². The van der Waals surface area contributed by atoms with E-state index in [1.807, 2.05) is 0 Å². The van der Waals surface area contributed by atoms with E-state index >= 15 is 0 Å². The molecule has 0 aromatic carbocycles. The van der Waals surface area contributed by atoms with Crippen LogP contribution in [0.3, 0.4) is 0 Å². The van der Waals surface area contributed by atoms with E-state index in [2.05, 4.69) is 42.5 Å². The molecule has 0 radical (unpaired) electrons. The summed E-state index contributed by atoms with van der Waals surface area (Å²) < 4.78 is 0. The normalized spacial score (nSPS) is 14.1. The van der Waals surface area contributed by atoms with E-state index in [0.29, 0.717) is 38.5 Å². The number of aliphatic carboxylic acids is 3. The Bertz CT molecular complexity index is 1680. The lowest BCUT2D eigenvalue weighted by atomic mass is 9.98. The fourth-order valence-electron chi connectivity index (χ4n) is 6.42. The molecule has 0 saturated carbocycles. The number of nitrogens with one attached hydrogen (secondary N) is 8. The minimum Gasteiger partial charge on any atom is -0.481 e. The first-order valence-electron chi connectivity index (χ1n) is 22.8. The summed E-state index contributed by atoms with van der Waals surface area (Å²) in [5.74, 6) is -11.7. The van der Waals surface area contributed by atoms with Crippen molar-refractivity contribution in [2.75, 3.05) is 32.7 Å². The molecule has 0 aliphatic heterocycles. The fourth-order valence-corrected chi connectivity index (χ4v) is 6.42. The first kappa shape index (κ1) is 62.0. The second-order valence-electron chi connectivity index (χ2n) is 17.0. The van der Waals surface area contributed by atoms with Crippen molar-refractivity contribution in [2.45, 2.75) is 153 Å². The maximum Gasteiger partial charge on any atom is 0.326 e. The van der Waals surface area contributed by atoms with Gasteiger partial charge in [0.15, 0.2) is 0 Å². The van der Waals surface area contributed by atoms with E-state index in [-0.39, 0.29) is 64.1 Å². The molecule has 0 saturated heterocycles. The molecule has 388 valence electrons. The van der Waals surface area contributed by atoms with Gasteiger partial charge in [-0.25, -0.2) is 4.79 Å². The van der Waals surface area contributed by atoms with Crippen LogP contribution in [-0.2, 0) is 52.7 Å². The highest BCUT2D eigenvalue weighted by Crippen LogP contribution is 2.12. The van der Waals surface area contributed by atoms with Crippen LogP contribution in [0.1, 0.15) is 111 Å². The first-order chi connectivity index (χ1) is 32.0. The van der Waals surface area contributed by atoms with Gasteiger partial charge in [0.05, 0.1) is 25.6 Å². The predicted octanol–water partition coefficient (Wildman–Crippen LogP) is -4.03. The number of hydrogen-bond acceptors (Lipinski definition) is 15. The number of amides is 8. The van der Waals surface area contributed by atoms with Crippen LogP contribution in [0.5, 0.6) is 0 Å². The second kappa shape index (κ2) is 34.3. The molecule has 0 bridgehead atoms. The lowest BCUT2D eigenvalue weighted by Gasteiger charge is -2.29. The SMILES string of the molecule is CC(C)C[C@H](NC(=O)[C@H](CCCCN)NC(=O)[C@H](CCCCN)NC(=O)CNC(=O)CNC(=O)[C@@H](N)CCC(=O)O)C(=O)N[C@H](C(=O)N[C@@H](CC(=O)O)C(=O)N[C@@H](CCCCN)C(=O)O)C(C)C. The fraction of sp³-hybridized carbons (Fsp3) is 0.738. The number of hydrogen-bond donors (Lipinski definition) is 15. The Labute approximate surface area is 396 Å². The molecule has 0 aliphatic carbocycles. The van der Waals surface area contributed by atoms with Crippen molar-refractivity contribution in [1.29, 1.82) is 0 Å². The van der Waals surface area contributed by atoms with Gasteiger partial charge in [-0.1, -0.05) is 27.7 Å². The highest BCUT2D eigenvalue weighted by atomic mass is 16.4. The first-order valence-corrected chi connectivity index (χ1v) is 22.8. The maximum absolute atomic E-state index is 14.0. The number of nitrogens with two attached hydrogens (primary N) is 4. The molecule has 7 atom stereocenters. The average Bonchev–Trinajstić information content (AvgIpc) is 3.26. The number of carbonyl (C=O) groups excluding carboxylic acids is 8. The van der Waals surface area contributed by atoms with Crippen molar-refractivity contribution in [2.24, 2.45) is 34.8 Å². The van der Waals surface area contributed by atoms with Crippen LogP contribution in [0.4, 0.5) is 0 Å². The van der Waals surface area contributed by atoms with E-state index in [0.717, 1.165) is 0 Å². The zero-order chi connectivity index (χ0) is 51.9. The zero-order valence-electron chi connectivity index (χ0n) is 39.6. The number of unbranched alkanes of at least 4 members (excludes halogenated alkanes) is 3. The molecule has 26 heteroatoms. The molecule has 26 nitrogen and oxygen atoms in total. The summed E-state index contributed by atoms with van der Waals surface area (Å²) >= 11 is 0. The van der Waals surface area contributed by atoms with Crippen LogP contribution in [0.2, 0.25) is 0 Å². The van der Waals surface area contributed by atoms with Gasteiger partial charge in [0.1, 0.15) is 36.3 Å². The second-order valence-corrected chi connectivity index (χ2v) is 17.0. The molecule has 0 spiro atoms. The zero-order valence-corrected chi connectivity index (χ0v) is 39.6. The molecule has 19 N–H and O–H groups in total. The van der Waals surface area contributed by atoms with Crippen molar-refractivity contribution in [1.82, 2.24) is 42.5 Å². The Balaban J connectivity index is 6.18. The third-order valence-corrected chi connectivity index (χ3v) is 10.2. The minimum atomic E-state index is -1.73. The molecular formula is C42H76N12O14. The van der Waals surface area contributed by atoms with Crippen LogP contribution in [0.15, 0.2) is 0 Å². The number of rotatable bonds is 37. The van der Waals surface area contributed by atoms with Crippen LogP contribution >= 0.6 is 0 Å². The lowest BCUT2D eigenvalue weighted by Crippen LogP contribution is -2.60. The predicted molar refractivity (Wildman–Crippen MR) is 245 cm³/mol.